The Bertz CT molecular complexity index is 919. The van der Waals surface area contributed by atoms with E-state index in [4.69, 9.17) is 9.73 Å². The van der Waals surface area contributed by atoms with Crippen LogP contribution in [0, 0.1) is 0 Å². The highest BCUT2D eigenvalue weighted by Crippen LogP contribution is 2.16. The molecule has 1 N–H and O–H groups in total. The van der Waals surface area contributed by atoms with Crippen LogP contribution >= 0.6 is 0 Å². The van der Waals surface area contributed by atoms with E-state index in [2.05, 4.69) is 39.6 Å². The lowest BCUT2D eigenvalue weighted by Crippen LogP contribution is -2.55. The number of guanidine groups is 1. The fourth-order valence-corrected chi connectivity index (χ4v) is 4.03. The number of hydrogen-bond donors (Lipinski definition) is 1. The number of benzene rings is 1. The molecule has 0 radical (unpaired) electrons. The van der Waals surface area contributed by atoms with E-state index in [0.29, 0.717) is 19.6 Å². The average molecular weight is 440 g/mol. The first-order valence-electron chi connectivity index (χ1n) is 11.3. The van der Waals surface area contributed by atoms with Gasteiger partial charge in [-0.1, -0.05) is 24.3 Å². The van der Waals surface area contributed by atoms with Crippen LogP contribution in [-0.4, -0.2) is 83.9 Å². The lowest BCUT2D eigenvalue weighted by atomic mass is 10.1. The Balaban J connectivity index is 1.35. The highest BCUT2D eigenvalue weighted by molar-refractivity contribution is 5.98. The number of nitrogens with one attached hydrogen (secondary N) is 1. The van der Waals surface area contributed by atoms with Crippen LogP contribution in [0.5, 0.6) is 0 Å². The molecule has 0 atom stereocenters. The lowest BCUT2D eigenvalue weighted by molar-refractivity contribution is -0.120. The molecule has 32 heavy (non-hydrogen) atoms. The van der Waals surface area contributed by atoms with Crippen molar-refractivity contribution in [3.8, 4) is 0 Å². The molecule has 0 saturated carbocycles. The summed E-state index contributed by atoms with van der Waals surface area (Å²) < 4.78 is 7.14. The fraction of sp³-hybridized carbons (Fsp3) is 0.522. The molecule has 1 aromatic carbocycles. The maximum absolute atomic E-state index is 12.8. The molecular formula is C23H33N7O2. The van der Waals surface area contributed by atoms with Crippen molar-refractivity contribution in [2.24, 2.45) is 12.0 Å². The number of morpholine rings is 1. The normalized spacial score (nSPS) is 18.3. The number of carbonyl (C=O) groups is 1. The predicted molar refractivity (Wildman–Crippen MR) is 124 cm³/mol. The first kappa shape index (κ1) is 22.3. The van der Waals surface area contributed by atoms with Crippen molar-refractivity contribution in [2.75, 3.05) is 57.4 Å². The van der Waals surface area contributed by atoms with Gasteiger partial charge >= 0.3 is 0 Å². The third kappa shape index (κ3) is 5.66. The maximum atomic E-state index is 12.8. The third-order valence-corrected chi connectivity index (χ3v) is 5.80. The molecule has 2 saturated heterocycles. The Morgan fingerprint density at radius 2 is 1.88 bits per heavy atom. The fourth-order valence-electron chi connectivity index (χ4n) is 4.03. The SMILES string of the molecule is CCNC(=NCc1ccc(CN2CCOCC2)cc1)N1CCN(c2cnn(C)c2)C(=O)C1. The standard InChI is InChI=1S/C23H33N7O2/c1-3-24-23(29-8-9-30(22(31)18-29)21-15-26-27(2)17-21)25-14-19-4-6-20(7-5-19)16-28-10-12-32-13-11-28/h4-7,15,17H,3,8-14,16,18H2,1-2H3,(H,24,25). The molecule has 1 aromatic heterocycles. The van der Waals surface area contributed by atoms with Gasteiger partial charge in [-0.15, -0.1) is 0 Å². The van der Waals surface area contributed by atoms with Crippen LogP contribution in [0.4, 0.5) is 5.69 Å². The summed E-state index contributed by atoms with van der Waals surface area (Å²) in [6.07, 6.45) is 3.60. The smallest absolute Gasteiger partial charge is 0.246 e. The Morgan fingerprint density at radius 3 is 2.53 bits per heavy atom. The van der Waals surface area contributed by atoms with Crippen molar-refractivity contribution in [1.29, 1.82) is 0 Å². The van der Waals surface area contributed by atoms with Gasteiger partial charge in [-0.2, -0.15) is 5.10 Å². The molecule has 9 heteroatoms. The lowest BCUT2D eigenvalue weighted by Gasteiger charge is -2.35. The molecule has 4 rings (SSSR count). The second-order valence-electron chi connectivity index (χ2n) is 8.21. The molecule has 2 aliphatic rings. The van der Waals surface area contributed by atoms with E-state index >= 15 is 0 Å². The number of piperazine rings is 1. The molecule has 172 valence electrons. The molecule has 2 fully saturated rings. The maximum Gasteiger partial charge on any atom is 0.246 e. The van der Waals surface area contributed by atoms with Crippen LogP contribution in [0.1, 0.15) is 18.1 Å². The quantitative estimate of drug-likeness (QED) is 0.536. The number of aryl methyl sites for hydroxylation is 1. The number of rotatable bonds is 6. The van der Waals surface area contributed by atoms with Gasteiger partial charge in [0.05, 0.1) is 31.6 Å². The van der Waals surface area contributed by atoms with Gasteiger partial charge in [0.25, 0.3) is 0 Å². The molecule has 0 aliphatic carbocycles. The van der Waals surface area contributed by atoms with Gasteiger partial charge in [0.2, 0.25) is 5.91 Å². The Hall–Kier alpha value is -2.91. The summed E-state index contributed by atoms with van der Waals surface area (Å²) in [5, 5.41) is 7.51. The number of hydrogen-bond acceptors (Lipinski definition) is 5. The van der Waals surface area contributed by atoms with E-state index in [1.54, 1.807) is 15.8 Å². The summed E-state index contributed by atoms with van der Waals surface area (Å²) in [7, 11) is 1.86. The number of anilines is 1. The second-order valence-corrected chi connectivity index (χ2v) is 8.21. The number of aliphatic imine (C=N–C) groups is 1. The van der Waals surface area contributed by atoms with E-state index in [0.717, 1.165) is 63.1 Å². The van der Waals surface area contributed by atoms with Gasteiger partial charge in [-0.05, 0) is 18.1 Å². The van der Waals surface area contributed by atoms with Gasteiger partial charge in [0.1, 0.15) is 6.54 Å². The molecule has 2 aliphatic heterocycles. The number of aromatic nitrogens is 2. The van der Waals surface area contributed by atoms with Crippen molar-refractivity contribution in [1.82, 2.24) is 24.9 Å². The van der Waals surface area contributed by atoms with Gasteiger partial charge in [-0.3, -0.25) is 14.4 Å². The summed E-state index contributed by atoms with van der Waals surface area (Å²) in [5.41, 5.74) is 3.31. The van der Waals surface area contributed by atoms with Gasteiger partial charge < -0.3 is 19.9 Å². The van der Waals surface area contributed by atoms with Crippen LogP contribution < -0.4 is 10.2 Å². The highest BCUT2D eigenvalue weighted by Gasteiger charge is 2.27. The van der Waals surface area contributed by atoms with Crippen LogP contribution in [0.25, 0.3) is 0 Å². The van der Waals surface area contributed by atoms with Gasteiger partial charge in [0, 0.05) is 52.5 Å². The van der Waals surface area contributed by atoms with Crippen molar-refractivity contribution < 1.29 is 9.53 Å². The number of ether oxygens (including phenoxy) is 1. The molecule has 0 unspecified atom stereocenters. The van der Waals surface area contributed by atoms with Crippen molar-refractivity contribution in [3.05, 3.63) is 47.8 Å². The summed E-state index contributed by atoms with van der Waals surface area (Å²) >= 11 is 0. The van der Waals surface area contributed by atoms with E-state index in [9.17, 15) is 4.79 Å². The molecule has 2 aromatic rings. The zero-order valence-corrected chi connectivity index (χ0v) is 19.0. The topological polar surface area (TPSA) is 78.2 Å². The van der Waals surface area contributed by atoms with E-state index < -0.39 is 0 Å². The molecule has 1 amide bonds. The Labute approximate surface area is 189 Å². The molecule has 3 heterocycles. The molecule has 9 nitrogen and oxygen atoms in total. The summed E-state index contributed by atoms with van der Waals surface area (Å²) in [5.74, 6) is 0.839. The minimum absolute atomic E-state index is 0.0577. The van der Waals surface area contributed by atoms with Crippen LogP contribution in [0.3, 0.4) is 0 Å². The average Bonchev–Trinajstić information content (AvgIpc) is 3.24. The van der Waals surface area contributed by atoms with Crippen molar-refractivity contribution >= 4 is 17.6 Å². The van der Waals surface area contributed by atoms with E-state index in [-0.39, 0.29) is 5.91 Å². The minimum Gasteiger partial charge on any atom is -0.379 e. The van der Waals surface area contributed by atoms with Crippen LogP contribution in [0.2, 0.25) is 0 Å². The Morgan fingerprint density at radius 1 is 1.12 bits per heavy atom. The van der Waals surface area contributed by atoms with Gasteiger partial charge in [-0.25, -0.2) is 4.99 Å². The molecular weight excluding hydrogens is 406 g/mol. The largest absolute Gasteiger partial charge is 0.379 e. The Kier molecular flexibility index (Phi) is 7.39. The monoisotopic (exact) mass is 439 g/mol. The zero-order valence-electron chi connectivity index (χ0n) is 19.0. The number of nitrogens with zero attached hydrogens (tertiary/aromatic N) is 6. The number of amides is 1. The van der Waals surface area contributed by atoms with Gasteiger partial charge in [0.15, 0.2) is 5.96 Å². The van der Waals surface area contributed by atoms with Crippen LogP contribution in [-0.2, 0) is 29.7 Å². The summed E-state index contributed by atoms with van der Waals surface area (Å²) in [4.78, 5) is 23.8. The van der Waals surface area contributed by atoms with Crippen LogP contribution in [0.15, 0.2) is 41.7 Å². The number of carbonyl (C=O) groups excluding carboxylic acids is 1. The highest BCUT2D eigenvalue weighted by atomic mass is 16.5. The first-order chi connectivity index (χ1) is 15.6. The van der Waals surface area contributed by atoms with Crippen molar-refractivity contribution in [3.63, 3.8) is 0 Å². The minimum atomic E-state index is 0.0577. The van der Waals surface area contributed by atoms with Crippen molar-refractivity contribution in [2.45, 2.75) is 20.0 Å². The summed E-state index contributed by atoms with van der Waals surface area (Å²) in [6, 6.07) is 8.66. The zero-order chi connectivity index (χ0) is 22.3. The predicted octanol–water partition coefficient (Wildman–Crippen LogP) is 1.07. The third-order valence-electron chi connectivity index (χ3n) is 5.80. The van der Waals surface area contributed by atoms with E-state index in [1.165, 1.54) is 5.56 Å². The molecule has 0 bridgehead atoms. The van der Waals surface area contributed by atoms with E-state index in [1.807, 2.05) is 25.1 Å². The first-order valence-corrected chi connectivity index (χ1v) is 11.3. The molecule has 0 spiro atoms. The second kappa shape index (κ2) is 10.6. The summed E-state index contributed by atoms with van der Waals surface area (Å²) in [6.45, 7) is 9.61.